The van der Waals surface area contributed by atoms with Gasteiger partial charge >= 0.3 is 0 Å². The Morgan fingerprint density at radius 3 is 2.59 bits per heavy atom. The lowest BCUT2D eigenvalue weighted by Crippen LogP contribution is -2.19. The first-order chi connectivity index (χ1) is 8.25. The molecule has 1 aliphatic rings. The Balaban J connectivity index is 2.15. The number of fused-ring (bicyclic) bond motifs is 1. The van der Waals surface area contributed by atoms with Gasteiger partial charge in [0.25, 0.3) is 0 Å². The second-order valence-corrected chi connectivity index (χ2v) is 4.52. The number of nitrogens with zero attached hydrogens (tertiary/aromatic N) is 1. The Labute approximate surface area is 105 Å². The van der Waals surface area contributed by atoms with Gasteiger partial charge < -0.3 is 5.73 Å². The number of amidine groups is 1. The third-order valence-electron chi connectivity index (χ3n) is 2.98. The fraction of sp³-hybridized carbons (Fsp3) is 0.0714. The van der Waals surface area contributed by atoms with E-state index in [1.807, 2.05) is 36.4 Å². The number of hydrogen-bond acceptors (Lipinski definition) is 2. The molecular formula is C14H11ClN2. The highest BCUT2D eigenvalue weighted by Crippen LogP contribution is 2.39. The summed E-state index contributed by atoms with van der Waals surface area (Å²) in [5.41, 5.74) is 9.17. The normalized spacial score (nSPS) is 17.7. The maximum atomic E-state index is 6.03. The van der Waals surface area contributed by atoms with Gasteiger partial charge in [0.05, 0.1) is 11.6 Å². The second kappa shape index (κ2) is 3.90. The zero-order chi connectivity index (χ0) is 11.8. The van der Waals surface area contributed by atoms with Crippen molar-refractivity contribution < 1.29 is 0 Å². The van der Waals surface area contributed by atoms with Gasteiger partial charge in [-0.25, -0.2) is 4.99 Å². The van der Waals surface area contributed by atoms with Crippen LogP contribution in [-0.4, -0.2) is 5.84 Å². The number of rotatable bonds is 1. The third kappa shape index (κ3) is 1.71. The van der Waals surface area contributed by atoms with Crippen LogP contribution in [0.2, 0.25) is 5.02 Å². The van der Waals surface area contributed by atoms with Crippen LogP contribution in [0.5, 0.6) is 0 Å². The Kier molecular flexibility index (Phi) is 2.37. The fourth-order valence-corrected chi connectivity index (χ4v) is 2.40. The average molecular weight is 243 g/mol. The molecular weight excluding hydrogens is 232 g/mol. The summed E-state index contributed by atoms with van der Waals surface area (Å²) in [6, 6.07) is 15.8. The van der Waals surface area contributed by atoms with Crippen LogP contribution in [0.1, 0.15) is 17.0 Å². The summed E-state index contributed by atoms with van der Waals surface area (Å²) in [4.78, 5) is 4.39. The maximum Gasteiger partial charge on any atom is 0.112 e. The zero-order valence-electron chi connectivity index (χ0n) is 9.10. The molecule has 0 amide bonds. The first-order valence-electron chi connectivity index (χ1n) is 5.44. The number of benzene rings is 2. The lowest BCUT2D eigenvalue weighted by atomic mass is 9.91. The molecule has 84 valence electrons. The molecule has 17 heavy (non-hydrogen) atoms. The highest BCUT2D eigenvalue weighted by molar-refractivity contribution is 6.30. The Hall–Kier alpha value is -1.80. The molecule has 2 N–H and O–H groups in total. The molecule has 1 heterocycles. The summed E-state index contributed by atoms with van der Waals surface area (Å²) in [6.07, 6.45) is 0. The van der Waals surface area contributed by atoms with Crippen molar-refractivity contribution in [2.24, 2.45) is 10.7 Å². The summed E-state index contributed by atoms with van der Waals surface area (Å²) in [6.45, 7) is 0. The highest BCUT2D eigenvalue weighted by atomic mass is 35.5. The van der Waals surface area contributed by atoms with Crippen LogP contribution in [0.4, 0.5) is 5.69 Å². The van der Waals surface area contributed by atoms with Crippen molar-refractivity contribution in [3.63, 3.8) is 0 Å². The van der Waals surface area contributed by atoms with Crippen LogP contribution in [0.3, 0.4) is 0 Å². The number of aliphatic imine (C=N–C) groups is 1. The topological polar surface area (TPSA) is 38.4 Å². The minimum absolute atomic E-state index is 0.0323. The van der Waals surface area contributed by atoms with Gasteiger partial charge in [0.1, 0.15) is 5.84 Å². The molecule has 2 aromatic carbocycles. The number of hydrogen-bond donors (Lipinski definition) is 1. The van der Waals surface area contributed by atoms with E-state index in [-0.39, 0.29) is 5.92 Å². The minimum Gasteiger partial charge on any atom is -0.386 e. The molecule has 0 bridgehead atoms. The van der Waals surface area contributed by atoms with E-state index >= 15 is 0 Å². The van der Waals surface area contributed by atoms with Crippen LogP contribution in [-0.2, 0) is 0 Å². The van der Waals surface area contributed by atoms with E-state index in [0.29, 0.717) is 5.84 Å². The van der Waals surface area contributed by atoms with E-state index in [1.54, 1.807) is 0 Å². The molecule has 0 saturated heterocycles. The molecule has 3 heteroatoms. The molecule has 0 radical (unpaired) electrons. The van der Waals surface area contributed by atoms with Gasteiger partial charge in [-0.15, -0.1) is 0 Å². The van der Waals surface area contributed by atoms with Crippen LogP contribution >= 0.6 is 11.6 Å². The van der Waals surface area contributed by atoms with Crippen LogP contribution in [0.15, 0.2) is 53.5 Å². The van der Waals surface area contributed by atoms with E-state index in [0.717, 1.165) is 21.8 Å². The Morgan fingerprint density at radius 1 is 1.06 bits per heavy atom. The molecule has 0 aromatic heterocycles. The van der Waals surface area contributed by atoms with Gasteiger partial charge in [0.2, 0.25) is 0 Å². The molecule has 0 spiro atoms. The first kappa shape index (κ1) is 10.4. The lowest BCUT2D eigenvalue weighted by molar-refractivity contribution is 1.10. The number of halogens is 1. The van der Waals surface area contributed by atoms with Gasteiger partial charge in [-0.3, -0.25) is 0 Å². The predicted molar refractivity (Wildman–Crippen MR) is 71.0 cm³/mol. The van der Waals surface area contributed by atoms with E-state index in [2.05, 4.69) is 17.1 Å². The standard InChI is InChI=1S/C14H11ClN2/c15-10-6-7-12-11(8-10)13(14(16)17-12)9-4-2-1-3-5-9/h1-8,13H,(H2,16,17). The molecule has 3 rings (SSSR count). The summed E-state index contributed by atoms with van der Waals surface area (Å²) in [5.74, 6) is 0.665. The van der Waals surface area contributed by atoms with Gasteiger partial charge in [0.15, 0.2) is 0 Å². The Morgan fingerprint density at radius 2 is 1.82 bits per heavy atom. The highest BCUT2D eigenvalue weighted by Gasteiger charge is 2.26. The van der Waals surface area contributed by atoms with Crippen molar-refractivity contribution in [2.75, 3.05) is 0 Å². The molecule has 2 aromatic rings. The van der Waals surface area contributed by atoms with E-state index in [9.17, 15) is 0 Å². The van der Waals surface area contributed by atoms with E-state index < -0.39 is 0 Å². The molecule has 0 fully saturated rings. The van der Waals surface area contributed by atoms with E-state index in [1.165, 1.54) is 0 Å². The van der Waals surface area contributed by atoms with Crippen molar-refractivity contribution in [2.45, 2.75) is 5.92 Å². The van der Waals surface area contributed by atoms with E-state index in [4.69, 9.17) is 17.3 Å². The predicted octanol–water partition coefficient (Wildman–Crippen LogP) is 3.47. The van der Waals surface area contributed by atoms with Gasteiger partial charge in [0, 0.05) is 5.02 Å². The molecule has 2 nitrogen and oxygen atoms in total. The maximum absolute atomic E-state index is 6.03. The fourth-order valence-electron chi connectivity index (χ4n) is 2.22. The molecule has 0 aliphatic carbocycles. The smallest absolute Gasteiger partial charge is 0.112 e. The van der Waals surface area contributed by atoms with Crippen molar-refractivity contribution >= 4 is 23.1 Å². The van der Waals surface area contributed by atoms with Crippen molar-refractivity contribution in [3.8, 4) is 0 Å². The SMILES string of the molecule is NC1=Nc2ccc(Cl)cc2C1c1ccccc1. The minimum atomic E-state index is 0.0323. The first-order valence-corrected chi connectivity index (χ1v) is 5.82. The van der Waals surface area contributed by atoms with Gasteiger partial charge in [-0.1, -0.05) is 41.9 Å². The van der Waals surface area contributed by atoms with Crippen LogP contribution in [0.25, 0.3) is 0 Å². The quantitative estimate of drug-likeness (QED) is 0.817. The van der Waals surface area contributed by atoms with Crippen molar-refractivity contribution in [1.29, 1.82) is 0 Å². The molecule has 1 aliphatic heterocycles. The monoisotopic (exact) mass is 242 g/mol. The summed E-state index contributed by atoms with van der Waals surface area (Å²) >= 11 is 6.03. The van der Waals surface area contributed by atoms with Crippen LogP contribution < -0.4 is 5.73 Å². The van der Waals surface area contributed by atoms with Crippen molar-refractivity contribution in [3.05, 3.63) is 64.7 Å². The van der Waals surface area contributed by atoms with Gasteiger partial charge in [-0.05, 0) is 29.3 Å². The summed E-state index contributed by atoms with van der Waals surface area (Å²) < 4.78 is 0. The zero-order valence-corrected chi connectivity index (χ0v) is 9.85. The number of nitrogens with two attached hydrogens (primary N) is 1. The van der Waals surface area contributed by atoms with Crippen LogP contribution in [0, 0.1) is 0 Å². The van der Waals surface area contributed by atoms with Crippen molar-refractivity contribution in [1.82, 2.24) is 0 Å². The molecule has 0 saturated carbocycles. The largest absolute Gasteiger partial charge is 0.386 e. The second-order valence-electron chi connectivity index (χ2n) is 4.08. The molecule has 1 unspecified atom stereocenters. The lowest BCUT2D eigenvalue weighted by Gasteiger charge is -2.12. The summed E-state index contributed by atoms with van der Waals surface area (Å²) in [7, 11) is 0. The average Bonchev–Trinajstić information content (AvgIpc) is 2.65. The van der Waals surface area contributed by atoms with Gasteiger partial charge in [-0.2, -0.15) is 0 Å². The molecule has 1 atom stereocenters. The Bertz CT molecular complexity index is 590. The summed E-state index contributed by atoms with van der Waals surface area (Å²) in [5, 5.41) is 0.717. The third-order valence-corrected chi connectivity index (χ3v) is 3.21.